The van der Waals surface area contributed by atoms with Gasteiger partial charge in [-0.2, -0.15) is 0 Å². The lowest BCUT2D eigenvalue weighted by Crippen LogP contribution is -1.97. The Morgan fingerprint density at radius 2 is 2.23 bits per heavy atom. The summed E-state index contributed by atoms with van der Waals surface area (Å²) in [5, 5.41) is 0. The molecule has 0 bridgehead atoms. The summed E-state index contributed by atoms with van der Waals surface area (Å²) in [5.41, 5.74) is -0.0896. The molecule has 1 aromatic heterocycles. The van der Waals surface area contributed by atoms with Crippen LogP contribution in [0.3, 0.4) is 0 Å². The summed E-state index contributed by atoms with van der Waals surface area (Å²) in [6, 6.07) is 1.32. The third kappa shape index (κ3) is 2.49. The van der Waals surface area contributed by atoms with Crippen LogP contribution in [-0.2, 0) is 0 Å². The molecule has 0 spiro atoms. The molecule has 0 radical (unpaired) electrons. The molecule has 0 atom stereocenters. The number of rotatable bonds is 2. The van der Waals surface area contributed by atoms with Gasteiger partial charge in [0.25, 0.3) is 6.43 Å². The van der Waals surface area contributed by atoms with E-state index in [1.54, 1.807) is 22.6 Å². The van der Waals surface area contributed by atoms with E-state index >= 15 is 0 Å². The average Bonchev–Trinajstić information content (AvgIpc) is 2.07. The zero-order chi connectivity index (χ0) is 10.0. The molecule has 13 heavy (non-hydrogen) atoms. The van der Waals surface area contributed by atoms with Gasteiger partial charge >= 0.3 is 0 Å². The highest BCUT2D eigenvalue weighted by Gasteiger charge is 2.15. The monoisotopic (exact) mass is 363 g/mol. The van der Waals surface area contributed by atoms with Crippen molar-refractivity contribution in [2.24, 2.45) is 0 Å². The lowest BCUT2D eigenvalue weighted by Gasteiger charge is -2.06. The minimum absolute atomic E-state index is 0.0896. The molecule has 0 unspecified atom stereocenters. The summed E-state index contributed by atoms with van der Waals surface area (Å²) in [6.07, 6.45) is -2.51. The highest BCUT2D eigenvalue weighted by Crippen LogP contribution is 2.31. The molecule has 0 saturated carbocycles. The highest BCUT2D eigenvalue weighted by atomic mass is 127. The van der Waals surface area contributed by atoms with Crippen LogP contribution in [0, 0.1) is 3.70 Å². The molecule has 0 fully saturated rings. The quantitative estimate of drug-likeness (QED) is 0.593. The van der Waals surface area contributed by atoms with Crippen molar-refractivity contribution in [1.82, 2.24) is 4.98 Å². The summed E-state index contributed by atoms with van der Waals surface area (Å²) >= 11 is 4.83. The largest absolute Gasteiger partial charge is 0.480 e. The van der Waals surface area contributed by atoms with Crippen molar-refractivity contribution in [3.63, 3.8) is 0 Å². The predicted octanol–water partition coefficient (Wildman–Crippen LogP) is 3.39. The molecular weight excluding hydrogens is 359 g/mol. The smallest absolute Gasteiger partial charge is 0.266 e. The number of hydrogen-bond acceptors (Lipinski definition) is 2. The molecule has 0 amide bonds. The maximum atomic E-state index is 12.3. The molecule has 0 N–H and O–H groups in total. The van der Waals surface area contributed by atoms with E-state index in [4.69, 9.17) is 4.74 Å². The van der Waals surface area contributed by atoms with E-state index in [0.29, 0.717) is 10.4 Å². The fourth-order valence-electron chi connectivity index (χ4n) is 0.761. The maximum Gasteiger partial charge on any atom is 0.266 e. The number of methoxy groups -OCH3 is 1. The van der Waals surface area contributed by atoms with E-state index in [9.17, 15) is 8.78 Å². The first kappa shape index (κ1) is 11.1. The molecule has 2 nitrogen and oxygen atoms in total. The second-order valence-electron chi connectivity index (χ2n) is 2.16. The van der Waals surface area contributed by atoms with Crippen LogP contribution >= 0.6 is 38.5 Å². The van der Waals surface area contributed by atoms with Crippen molar-refractivity contribution in [3.8, 4) is 5.88 Å². The summed E-state index contributed by atoms with van der Waals surface area (Å²) in [6.45, 7) is 0. The summed E-state index contributed by atoms with van der Waals surface area (Å²) in [5.74, 6) is 0.314. The second-order valence-corrected chi connectivity index (χ2v) is 4.04. The fraction of sp³-hybridized carbons (Fsp3) is 0.286. The Balaban J connectivity index is 3.20. The van der Waals surface area contributed by atoms with Crippen molar-refractivity contribution < 1.29 is 13.5 Å². The van der Waals surface area contributed by atoms with Crippen molar-refractivity contribution in [2.75, 3.05) is 7.11 Å². The van der Waals surface area contributed by atoms with Gasteiger partial charge in [0.15, 0.2) is 0 Å². The van der Waals surface area contributed by atoms with E-state index < -0.39 is 6.43 Å². The Morgan fingerprint density at radius 1 is 1.62 bits per heavy atom. The maximum absolute atomic E-state index is 12.3. The van der Waals surface area contributed by atoms with Gasteiger partial charge in [-0.05, 0) is 44.6 Å². The molecule has 1 heterocycles. The molecular formula is C7H5BrF2INO. The number of hydrogen-bond donors (Lipinski definition) is 0. The lowest BCUT2D eigenvalue weighted by molar-refractivity contribution is 0.149. The first-order valence-electron chi connectivity index (χ1n) is 3.24. The molecule has 1 aromatic rings. The molecule has 0 aromatic carbocycles. The molecule has 72 valence electrons. The third-order valence-electron chi connectivity index (χ3n) is 1.35. The minimum Gasteiger partial charge on any atom is -0.480 e. The first-order valence-corrected chi connectivity index (χ1v) is 5.11. The number of aromatic nitrogens is 1. The number of halogens is 4. The van der Waals surface area contributed by atoms with Gasteiger partial charge in [0.2, 0.25) is 5.88 Å². The van der Waals surface area contributed by atoms with Gasteiger partial charge in [-0.1, -0.05) is 0 Å². The van der Waals surface area contributed by atoms with Crippen molar-refractivity contribution >= 4 is 38.5 Å². The first-order chi connectivity index (χ1) is 6.06. The molecule has 0 aliphatic rings. The van der Waals surface area contributed by atoms with Crippen molar-refractivity contribution in [1.29, 1.82) is 0 Å². The topological polar surface area (TPSA) is 22.1 Å². The number of nitrogens with zero attached hydrogens (tertiary/aromatic N) is 1. The van der Waals surface area contributed by atoms with Gasteiger partial charge in [-0.25, -0.2) is 13.8 Å². The Hall–Kier alpha value is 0.0200. The Bertz CT molecular complexity index is 322. The second kappa shape index (κ2) is 4.50. The van der Waals surface area contributed by atoms with E-state index in [0.717, 1.165) is 0 Å². The zero-order valence-corrected chi connectivity index (χ0v) is 10.3. The van der Waals surface area contributed by atoms with Crippen LogP contribution in [-0.4, -0.2) is 12.1 Å². The summed E-state index contributed by atoms with van der Waals surface area (Å²) in [4.78, 5) is 3.85. The summed E-state index contributed by atoms with van der Waals surface area (Å²) < 4.78 is 30.2. The van der Waals surface area contributed by atoms with Gasteiger partial charge in [-0.3, -0.25) is 0 Å². The lowest BCUT2D eigenvalue weighted by atomic mass is 10.3. The van der Waals surface area contributed by atoms with Crippen LogP contribution < -0.4 is 4.74 Å². The standard InChI is InChI=1S/C7H5BrF2INO/c1-13-7-4(8)2-3(5(9)10)6(11)12-7/h2,5H,1H3. The van der Waals surface area contributed by atoms with Crippen LogP contribution in [0.1, 0.15) is 12.0 Å². The van der Waals surface area contributed by atoms with Gasteiger partial charge in [0.1, 0.15) is 3.70 Å². The molecule has 1 rings (SSSR count). The van der Waals surface area contributed by atoms with Gasteiger partial charge in [0, 0.05) is 0 Å². The predicted molar refractivity (Wildman–Crippen MR) is 56.2 cm³/mol. The zero-order valence-electron chi connectivity index (χ0n) is 6.52. The summed E-state index contributed by atoms with van der Waals surface area (Å²) in [7, 11) is 1.44. The van der Waals surface area contributed by atoms with E-state index in [1.165, 1.54) is 13.2 Å². The van der Waals surface area contributed by atoms with E-state index in [1.807, 2.05) is 0 Å². The number of alkyl halides is 2. The average molecular weight is 364 g/mol. The third-order valence-corrected chi connectivity index (χ3v) is 2.79. The van der Waals surface area contributed by atoms with E-state index in [2.05, 4.69) is 20.9 Å². The van der Waals surface area contributed by atoms with Crippen LogP contribution in [0.25, 0.3) is 0 Å². The van der Waals surface area contributed by atoms with Crippen LogP contribution in [0.5, 0.6) is 5.88 Å². The van der Waals surface area contributed by atoms with Gasteiger partial charge < -0.3 is 4.74 Å². The van der Waals surface area contributed by atoms with Crippen LogP contribution in [0.2, 0.25) is 0 Å². The fourth-order valence-corrected chi connectivity index (χ4v) is 1.87. The molecule has 0 saturated heterocycles. The number of pyridine rings is 1. The van der Waals surface area contributed by atoms with Gasteiger partial charge in [-0.15, -0.1) is 0 Å². The number of ether oxygens (including phenoxy) is 1. The normalized spacial score (nSPS) is 10.6. The SMILES string of the molecule is COc1nc(I)c(C(F)F)cc1Br. The molecule has 0 aliphatic carbocycles. The molecule has 0 aliphatic heterocycles. The Kier molecular flexibility index (Phi) is 3.84. The highest BCUT2D eigenvalue weighted by molar-refractivity contribution is 14.1. The Morgan fingerprint density at radius 3 is 2.69 bits per heavy atom. The molecule has 6 heteroatoms. The van der Waals surface area contributed by atoms with Crippen molar-refractivity contribution in [2.45, 2.75) is 6.43 Å². The van der Waals surface area contributed by atoms with Gasteiger partial charge in [0.05, 0.1) is 17.1 Å². The minimum atomic E-state index is -2.51. The van der Waals surface area contributed by atoms with Crippen LogP contribution in [0.15, 0.2) is 10.5 Å². The Labute approximate surface area is 96.0 Å². The van der Waals surface area contributed by atoms with Crippen molar-refractivity contribution in [3.05, 3.63) is 19.8 Å². The van der Waals surface area contributed by atoms with E-state index in [-0.39, 0.29) is 9.26 Å². The van der Waals surface area contributed by atoms with Crippen LogP contribution in [0.4, 0.5) is 8.78 Å².